The van der Waals surface area contributed by atoms with Crippen LogP contribution in [0.2, 0.25) is 0 Å². The van der Waals surface area contributed by atoms with Gasteiger partial charge in [-0.3, -0.25) is 0 Å². The van der Waals surface area contributed by atoms with Gasteiger partial charge in [0, 0.05) is 6.54 Å². The van der Waals surface area contributed by atoms with Crippen LogP contribution in [0.25, 0.3) is 6.08 Å². The second-order valence-electron chi connectivity index (χ2n) is 3.28. The molecule has 0 amide bonds. The number of hydrogen-bond donors (Lipinski definition) is 1. The van der Waals surface area contributed by atoms with Crippen LogP contribution in [0, 0.1) is 5.82 Å². The van der Waals surface area contributed by atoms with Gasteiger partial charge < -0.3 is 5.32 Å². The first-order chi connectivity index (χ1) is 6.34. The van der Waals surface area contributed by atoms with Crippen molar-refractivity contribution in [3.8, 4) is 0 Å². The summed E-state index contributed by atoms with van der Waals surface area (Å²) in [7, 11) is 0. The van der Waals surface area contributed by atoms with E-state index in [1.54, 1.807) is 12.1 Å². The second-order valence-corrected chi connectivity index (χ2v) is 3.28. The van der Waals surface area contributed by atoms with Crippen molar-refractivity contribution in [2.24, 2.45) is 0 Å². The van der Waals surface area contributed by atoms with E-state index in [9.17, 15) is 4.39 Å². The summed E-state index contributed by atoms with van der Waals surface area (Å²) >= 11 is 0. The van der Waals surface area contributed by atoms with Gasteiger partial charge in [-0.15, -0.1) is 0 Å². The fraction of sp³-hybridized carbons (Fsp3) is 0.273. The third-order valence-corrected chi connectivity index (χ3v) is 2.19. The molecule has 1 nitrogen and oxygen atoms in total. The van der Waals surface area contributed by atoms with E-state index in [1.165, 1.54) is 11.6 Å². The molecule has 1 aliphatic heterocycles. The van der Waals surface area contributed by atoms with Gasteiger partial charge in [0.15, 0.2) is 0 Å². The molecular formula is C11H12FN. The van der Waals surface area contributed by atoms with Gasteiger partial charge in [-0.25, -0.2) is 4.39 Å². The van der Waals surface area contributed by atoms with Crippen molar-refractivity contribution >= 4 is 6.08 Å². The van der Waals surface area contributed by atoms with E-state index >= 15 is 0 Å². The van der Waals surface area contributed by atoms with E-state index in [0.717, 1.165) is 25.1 Å². The van der Waals surface area contributed by atoms with E-state index in [-0.39, 0.29) is 5.82 Å². The van der Waals surface area contributed by atoms with E-state index in [0.29, 0.717) is 0 Å². The molecule has 1 aromatic carbocycles. The van der Waals surface area contributed by atoms with Crippen LogP contribution < -0.4 is 5.32 Å². The molecule has 1 fully saturated rings. The van der Waals surface area contributed by atoms with Crippen LogP contribution in [0.4, 0.5) is 4.39 Å². The van der Waals surface area contributed by atoms with Crippen molar-refractivity contribution in [3.63, 3.8) is 0 Å². The molecule has 1 N–H and O–H groups in total. The monoisotopic (exact) mass is 177 g/mol. The molecule has 13 heavy (non-hydrogen) atoms. The van der Waals surface area contributed by atoms with Gasteiger partial charge in [0.2, 0.25) is 0 Å². The zero-order chi connectivity index (χ0) is 9.10. The molecule has 2 heteroatoms. The highest BCUT2D eigenvalue weighted by Gasteiger charge is 2.04. The standard InChI is InChI=1S/C11H12FN/c12-11-3-1-2-9(7-11)6-10-4-5-13-8-10/h1-3,6-7,13H,4-5,8H2/b10-6+. The van der Waals surface area contributed by atoms with Crippen LogP contribution in [0.1, 0.15) is 12.0 Å². The summed E-state index contributed by atoms with van der Waals surface area (Å²) in [5.41, 5.74) is 2.31. The van der Waals surface area contributed by atoms with Gasteiger partial charge in [0.05, 0.1) is 0 Å². The molecule has 0 bridgehead atoms. The molecular weight excluding hydrogens is 165 g/mol. The average molecular weight is 177 g/mol. The van der Waals surface area contributed by atoms with Crippen LogP contribution in [0.3, 0.4) is 0 Å². The molecule has 0 atom stereocenters. The predicted octanol–water partition coefficient (Wildman–Crippen LogP) is 2.20. The highest BCUT2D eigenvalue weighted by atomic mass is 19.1. The topological polar surface area (TPSA) is 12.0 Å². The van der Waals surface area contributed by atoms with Crippen molar-refractivity contribution in [2.45, 2.75) is 6.42 Å². The molecule has 0 unspecified atom stereocenters. The normalized spacial score (nSPS) is 19.6. The molecule has 2 rings (SSSR count). The molecule has 0 aliphatic carbocycles. The Labute approximate surface area is 77.3 Å². The lowest BCUT2D eigenvalue weighted by Crippen LogP contribution is -2.04. The molecule has 0 saturated carbocycles. The van der Waals surface area contributed by atoms with E-state index in [1.807, 2.05) is 6.07 Å². The maximum atomic E-state index is 12.8. The van der Waals surface area contributed by atoms with Gasteiger partial charge in [0.1, 0.15) is 5.82 Å². The summed E-state index contributed by atoms with van der Waals surface area (Å²) in [6.45, 7) is 1.98. The van der Waals surface area contributed by atoms with E-state index < -0.39 is 0 Å². The maximum Gasteiger partial charge on any atom is 0.123 e. The third-order valence-electron chi connectivity index (χ3n) is 2.19. The quantitative estimate of drug-likeness (QED) is 0.693. The fourth-order valence-electron chi connectivity index (χ4n) is 1.54. The minimum absolute atomic E-state index is 0.166. The lowest BCUT2D eigenvalue weighted by atomic mass is 10.1. The highest BCUT2D eigenvalue weighted by Crippen LogP contribution is 2.13. The molecule has 68 valence electrons. The lowest BCUT2D eigenvalue weighted by molar-refractivity contribution is 0.627. The lowest BCUT2D eigenvalue weighted by Gasteiger charge is -1.96. The van der Waals surface area contributed by atoms with Crippen LogP contribution in [0.15, 0.2) is 29.8 Å². The Hall–Kier alpha value is -1.15. The van der Waals surface area contributed by atoms with Crippen molar-refractivity contribution in [1.82, 2.24) is 5.32 Å². The summed E-state index contributed by atoms with van der Waals surface area (Å²) in [4.78, 5) is 0. The van der Waals surface area contributed by atoms with Crippen molar-refractivity contribution in [1.29, 1.82) is 0 Å². The van der Waals surface area contributed by atoms with Crippen LogP contribution in [-0.4, -0.2) is 13.1 Å². The minimum atomic E-state index is -0.166. The Balaban J connectivity index is 2.21. The summed E-state index contributed by atoms with van der Waals surface area (Å²) in [6, 6.07) is 6.69. The first kappa shape index (κ1) is 8.45. The summed E-state index contributed by atoms with van der Waals surface area (Å²) in [5.74, 6) is -0.166. The minimum Gasteiger partial charge on any atom is -0.313 e. The summed E-state index contributed by atoms with van der Waals surface area (Å²) < 4.78 is 12.8. The van der Waals surface area contributed by atoms with Crippen molar-refractivity contribution in [2.75, 3.05) is 13.1 Å². The molecule has 1 aromatic rings. The number of halogens is 1. The Morgan fingerprint density at radius 2 is 2.31 bits per heavy atom. The first-order valence-electron chi connectivity index (χ1n) is 4.50. The molecule has 0 radical (unpaired) electrons. The van der Waals surface area contributed by atoms with E-state index in [2.05, 4.69) is 11.4 Å². The van der Waals surface area contributed by atoms with Crippen LogP contribution in [-0.2, 0) is 0 Å². The van der Waals surface area contributed by atoms with Gasteiger partial charge in [0.25, 0.3) is 0 Å². The molecule has 1 aliphatic rings. The van der Waals surface area contributed by atoms with Gasteiger partial charge in [-0.05, 0) is 30.7 Å². The highest BCUT2D eigenvalue weighted by molar-refractivity contribution is 5.53. The molecule has 1 heterocycles. The Morgan fingerprint density at radius 1 is 1.38 bits per heavy atom. The van der Waals surface area contributed by atoms with Crippen molar-refractivity contribution < 1.29 is 4.39 Å². The third kappa shape index (κ3) is 2.16. The largest absolute Gasteiger partial charge is 0.313 e. The maximum absolute atomic E-state index is 12.8. The van der Waals surface area contributed by atoms with Gasteiger partial charge in [-0.1, -0.05) is 23.8 Å². The number of benzene rings is 1. The fourth-order valence-corrected chi connectivity index (χ4v) is 1.54. The smallest absolute Gasteiger partial charge is 0.123 e. The molecule has 0 aromatic heterocycles. The number of hydrogen-bond acceptors (Lipinski definition) is 1. The van der Waals surface area contributed by atoms with Gasteiger partial charge in [-0.2, -0.15) is 0 Å². The predicted molar refractivity (Wildman–Crippen MR) is 51.9 cm³/mol. The zero-order valence-corrected chi connectivity index (χ0v) is 7.39. The SMILES string of the molecule is Fc1cccc(/C=C2\CCNC2)c1. The summed E-state index contributed by atoms with van der Waals surface area (Å²) in [5, 5.41) is 3.25. The second kappa shape index (κ2) is 3.71. The number of nitrogens with one attached hydrogen (secondary N) is 1. The number of rotatable bonds is 1. The Bertz CT molecular complexity index is 323. The molecule has 0 spiro atoms. The Morgan fingerprint density at radius 3 is 3.00 bits per heavy atom. The van der Waals surface area contributed by atoms with Gasteiger partial charge >= 0.3 is 0 Å². The first-order valence-corrected chi connectivity index (χ1v) is 4.50. The zero-order valence-electron chi connectivity index (χ0n) is 7.39. The molecule has 1 saturated heterocycles. The average Bonchev–Trinajstić information content (AvgIpc) is 2.57. The van der Waals surface area contributed by atoms with Crippen LogP contribution in [0.5, 0.6) is 0 Å². The van der Waals surface area contributed by atoms with E-state index in [4.69, 9.17) is 0 Å². The van der Waals surface area contributed by atoms with Crippen molar-refractivity contribution in [3.05, 3.63) is 41.2 Å². The van der Waals surface area contributed by atoms with Crippen LogP contribution >= 0.6 is 0 Å². The Kier molecular flexibility index (Phi) is 2.41. The summed E-state index contributed by atoms with van der Waals surface area (Å²) in [6.07, 6.45) is 3.14.